The molecule has 0 heterocycles. The maximum Gasteiger partial charge on any atom is 0.306 e. The van der Waals surface area contributed by atoms with Crippen molar-refractivity contribution in [3.05, 3.63) is 0 Å². The molecule has 0 fully saturated rings. The Kier molecular flexibility index (Phi) is 8.71. The molecule has 0 aliphatic rings. The molecule has 86 valence electrons. The van der Waals surface area contributed by atoms with E-state index in [0.29, 0.717) is 6.42 Å². The average Bonchev–Trinajstić information content (AvgIpc) is 2.00. The molecule has 0 spiro atoms. The van der Waals surface area contributed by atoms with Crippen molar-refractivity contribution < 1.29 is 22.5 Å². The van der Waals surface area contributed by atoms with E-state index in [2.05, 4.69) is 4.74 Å². The third-order valence-electron chi connectivity index (χ3n) is 1.35. The van der Waals surface area contributed by atoms with E-state index in [0.717, 1.165) is 12.8 Å². The number of hydrogen-bond donors (Lipinski definition) is 2. The molecular weight excluding hydrogens is 210 g/mol. The van der Waals surface area contributed by atoms with Gasteiger partial charge < -0.3 is 10.9 Å². The van der Waals surface area contributed by atoms with Crippen LogP contribution in [0.2, 0.25) is 0 Å². The molecule has 0 amide bonds. The Hall–Kier alpha value is -0.660. The maximum absolute atomic E-state index is 10.8. The van der Waals surface area contributed by atoms with Crippen LogP contribution in [-0.2, 0) is 19.6 Å². The van der Waals surface area contributed by atoms with Gasteiger partial charge in [0.05, 0.1) is 0 Å². The van der Waals surface area contributed by atoms with E-state index in [1.54, 1.807) is 0 Å². The Morgan fingerprint density at radius 1 is 1.36 bits per heavy atom. The minimum Gasteiger partial charge on any atom is -0.447 e. The Morgan fingerprint density at radius 2 is 1.93 bits per heavy atom. The van der Waals surface area contributed by atoms with Gasteiger partial charge in [-0.1, -0.05) is 19.8 Å². The summed E-state index contributed by atoms with van der Waals surface area (Å²) in [5.74, 6) is -1.54. The predicted octanol–water partition coefficient (Wildman–Crippen LogP) is 1.12. The molecule has 0 rings (SSSR count). The third-order valence-corrected chi connectivity index (χ3v) is 1.77. The van der Waals surface area contributed by atoms with Crippen molar-refractivity contribution in [2.45, 2.75) is 32.6 Å². The van der Waals surface area contributed by atoms with Gasteiger partial charge in [-0.05, 0) is 6.42 Å². The van der Waals surface area contributed by atoms with E-state index < -0.39 is 22.0 Å². The Labute approximate surface area is 84.0 Å². The quantitative estimate of drug-likeness (QED) is 0.399. The zero-order valence-electron chi connectivity index (χ0n) is 8.23. The molecule has 0 saturated heterocycles. The maximum atomic E-state index is 10.8. The number of carbonyl (C=O) groups excluding carboxylic acids is 1. The number of esters is 1. The van der Waals surface area contributed by atoms with Gasteiger partial charge in [0.15, 0.2) is 0 Å². The Bertz CT molecular complexity index is 249. The van der Waals surface area contributed by atoms with Crippen LogP contribution in [0.4, 0.5) is 0 Å². The molecule has 0 atom stereocenters. The highest BCUT2D eigenvalue weighted by Crippen LogP contribution is 2.00. The summed E-state index contributed by atoms with van der Waals surface area (Å²) in [7, 11) is -4.19. The summed E-state index contributed by atoms with van der Waals surface area (Å²) in [5.41, 5.74) is 0. The first kappa shape index (κ1) is 15.8. The molecule has 7 heteroatoms. The predicted molar refractivity (Wildman–Crippen MR) is 51.7 cm³/mol. The Morgan fingerprint density at radius 3 is 2.36 bits per heavy atom. The van der Waals surface area contributed by atoms with Gasteiger partial charge in [-0.3, -0.25) is 9.35 Å². The number of ether oxygens (including phenoxy) is 1. The largest absolute Gasteiger partial charge is 0.447 e. The number of rotatable bonds is 6. The lowest BCUT2D eigenvalue weighted by Crippen LogP contribution is -2.13. The summed E-state index contributed by atoms with van der Waals surface area (Å²) in [5, 5.41) is 0. The molecule has 0 unspecified atom stereocenters. The molecule has 0 aliphatic carbocycles. The first-order valence-corrected chi connectivity index (χ1v) is 5.67. The number of unbranched alkanes of at least 4 members (excludes halogenated alkanes) is 2. The van der Waals surface area contributed by atoms with E-state index in [-0.39, 0.29) is 12.6 Å². The lowest BCUT2D eigenvalue weighted by Gasteiger charge is -2.01. The lowest BCUT2D eigenvalue weighted by molar-refractivity contribution is -0.141. The zero-order chi connectivity index (χ0) is 10.3. The normalized spacial score (nSPS) is 10.4. The van der Waals surface area contributed by atoms with E-state index in [1.165, 1.54) is 0 Å². The highest BCUT2D eigenvalue weighted by Gasteiger charge is 2.08. The number of hydrogen-bond acceptors (Lipinski definition) is 5. The van der Waals surface area contributed by atoms with E-state index in [1.807, 2.05) is 6.92 Å². The highest BCUT2D eigenvalue weighted by molar-refractivity contribution is 7.85. The van der Waals surface area contributed by atoms with Crippen LogP contribution >= 0.6 is 0 Å². The van der Waals surface area contributed by atoms with Crippen LogP contribution < -0.4 is 6.15 Å². The topological polar surface area (TPSA) is 116 Å². The van der Waals surface area contributed by atoms with Crippen LogP contribution in [0, 0.1) is 0 Å². The zero-order valence-corrected chi connectivity index (χ0v) is 9.05. The second-order valence-corrected chi connectivity index (χ2v) is 4.07. The van der Waals surface area contributed by atoms with Gasteiger partial charge in [-0.15, -0.1) is 0 Å². The van der Waals surface area contributed by atoms with Gasteiger partial charge in [0, 0.05) is 6.42 Å². The van der Waals surface area contributed by atoms with Crippen LogP contribution in [0.25, 0.3) is 0 Å². The number of carbonyl (C=O) groups is 1. The molecule has 0 aromatic carbocycles. The molecule has 0 saturated carbocycles. The molecule has 0 radical (unpaired) electrons. The monoisotopic (exact) mass is 227 g/mol. The second kappa shape index (κ2) is 7.72. The van der Waals surface area contributed by atoms with Gasteiger partial charge in [0.2, 0.25) is 5.94 Å². The average molecular weight is 227 g/mol. The SMILES string of the molecule is CCCCCC(=O)OCS(=O)(=O)O.N. The molecule has 4 N–H and O–H groups in total. The highest BCUT2D eigenvalue weighted by atomic mass is 32.2. The van der Waals surface area contributed by atoms with Crippen molar-refractivity contribution >= 4 is 16.1 Å². The molecule has 0 aromatic rings. The van der Waals surface area contributed by atoms with Crippen LogP contribution in [0.3, 0.4) is 0 Å². The van der Waals surface area contributed by atoms with Crippen LogP contribution in [-0.4, -0.2) is 24.9 Å². The third kappa shape index (κ3) is 11.3. The summed E-state index contributed by atoms with van der Waals surface area (Å²) in [6, 6.07) is 0. The fraction of sp³-hybridized carbons (Fsp3) is 0.857. The summed E-state index contributed by atoms with van der Waals surface area (Å²) in [6.45, 7) is 1.99. The van der Waals surface area contributed by atoms with Gasteiger partial charge in [-0.2, -0.15) is 8.42 Å². The first-order chi connectivity index (χ1) is 5.95. The van der Waals surface area contributed by atoms with Crippen LogP contribution in [0.1, 0.15) is 32.6 Å². The smallest absolute Gasteiger partial charge is 0.306 e. The van der Waals surface area contributed by atoms with E-state index in [9.17, 15) is 13.2 Å². The van der Waals surface area contributed by atoms with Crippen LogP contribution in [0.5, 0.6) is 0 Å². The fourth-order valence-electron chi connectivity index (χ4n) is 0.732. The summed E-state index contributed by atoms with van der Waals surface area (Å²) in [4.78, 5) is 10.8. The van der Waals surface area contributed by atoms with Crippen molar-refractivity contribution in [1.82, 2.24) is 6.15 Å². The first-order valence-electron chi connectivity index (χ1n) is 4.06. The molecule has 0 bridgehead atoms. The second-order valence-electron chi connectivity index (χ2n) is 2.67. The molecule has 6 nitrogen and oxygen atoms in total. The van der Waals surface area contributed by atoms with Crippen molar-refractivity contribution in [2.75, 3.05) is 5.94 Å². The van der Waals surface area contributed by atoms with Gasteiger partial charge in [0.25, 0.3) is 0 Å². The van der Waals surface area contributed by atoms with Gasteiger partial charge in [-0.25, -0.2) is 0 Å². The molecule has 0 aliphatic heterocycles. The summed E-state index contributed by atoms with van der Waals surface area (Å²) >= 11 is 0. The standard InChI is InChI=1S/C7H14O5S.H3N/c1-2-3-4-5-7(8)12-6-13(9,10)11;/h2-6H2,1H3,(H,9,10,11);1H3. The van der Waals surface area contributed by atoms with Crippen LogP contribution in [0.15, 0.2) is 0 Å². The van der Waals surface area contributed by atoms with Gasteiger partial charge in [0.1, 0.15) is 0 Å². The minimum absolute atomic E-state index is 0. The summed E-state index contributed by atoms with van der Waals surface area (Å²) in [6.07, 6.45) is 2.76. The Balaban J connectivity index is 0. The minimum atomic E-state index is -4.19. The van der Waals surface area contributed by atoms with Gasteiger partial charge >= 0.3 is 16.1 Å². The molecule has 14 heavy (non-hydrogen) atoms. The molecular formula is C7H17NO5S. The van der Waals surface area contributed by atoms with E-state index in [4.69, 9.17) is 4.55 Å². The van der Waals surface area contributed by atoms with Crippen molar-refractivity contribution in [3.8, 4) is 0 Å². The summed E-state index contributed by atoms with van der Waals surface area (Å²) < 4.78 is 32.8. The van der Waals surface area contributed by atoms with Crippen molar-refractivity contribution in [2.24, 2.45) is 0 Å². The van der Waals surface area contributed by atoms with Crippen molar-refractivity contribution in [3.63, 3.8) is 0 Å². The lowest BCUT2D eigenvalue weighted by atomic mass is 10.2. The van der Waals surface area contributed by atoms with E-state index >= 15 is 0 Å². The fourth-order valence-corrected chi connectivity index (χ4v) is 1.01. The molecule has 0 aromatic heterocycles. The van der Waals surface area contributed by atoms with Crippen molar-refractivity contribution in [1.29, 1.82) is 0 Å².